The molecule has 2 heterocycles. The first-order valence-electron chi connectivity index (χ1n) is 7.20. The minimum absolute atomic E-state index is 0.164. The minimum atomic E-state index is -0.477. The van der Waals surface area contributed by atoms with Gasteiger partial charge in [-0.05, 0) is 40.0 Å². The molecule has 6 heteroatoms. The number of ether oxygens (including phenoxy) is 2. The van der Waals surface area contributed by atoms with Crippen molar-refractivity contribution < 1.29 is 19.1 Å². The van der Waals surface area contributed by atoms with Crippen molar-refractivity contribution in [1.82, 2.24) is 10.2 Å². The van der Waals surface area contributed by atoms with E-state index in [1.165, 1.54) is 0 Å². The topological polar surface area (TPSA) is 67.9 Å². The first-order chi connectivity index (χ1) is 9.30. The number of rotatable bonds is 2. The summed E-state index contributed by atoms with van der Waals surface area (Å²) in [4.78, 5) is 25.4. The van der Waals surface area contributed by atoms with Crippen molar-refractivity contribution in [2.75, 3.05) is 19.7 Å². The summed E-state index contributed by atoms with van der Waals surface area (Å²) in [6, 6.07) is -0.0670. The first-order valence-corrected chi connectivity index (χ1v) is 7.20. The molecular weight excluding hydrogens is 260 g/mol. The molecule has 0 aromatic heterocycles. The van der Waals surface area contributed by atoms with Crippen molar-refractivity contribution >= 4 is 12.1 Å². The van der Waals surface area contributed by atoms with Crippen LogP contribution in [0.3, 0.4) is 0 Å². The van der Waals surface area contributed by atoms with Crippen molar-refractivity contribution in [2.45, 2.75) is 51.8 Å². The molecule has 3 unspecified atom stereocenters. The second kappa shape index (κ2) is 5.60. The van der Waals surface area contributed by atoms with Crippen molar-refractivity contribution in [2.24, 2.45) is 5.92 Å². The molecule has 1 amide bonds. The third kappa shape index (κ3) is 3.42. The molecule has 2 fully saturated rings. The Kier molecular flexibility index (Phi) is 4.22. The molecule has 1 N–H and O–H groups in total. The molecule has 0 aromatic carbocycles. The highest BCUT2D eigenvalue weighted by Gasteiger charge is 2.45. The number of carbonyl (C=O) groups is 2. The number of amides is 1. The second-order valence-electron chi connectivity index (χ2n) is 6.46. The van der Waals surface area contributed by atoms with Crippen LogP contribution < -0.4 is 5.32 Å². The average Bonchev–Trinajstić information content (AvgIpc) is 2.83. The molecule has 0 aromatic rings. The number of hydrogen-bond donors (Lipinski definition) is 1. The molecule has 0 bridgehead atoms. The van der Waals surface area contributed by atoms with Crippen LogP contribution >= 0.6 is 0 Å². The predicted molar refractivity (Wildman–Crippen MR) is 73.3 cm³/mol. The summed E-state index contributed by atoms with van der Waals surface area (Å²) in [5, 5.41) is 3.26. The molecule has 114 valence electrons. The molecule has 0 spiro atoms. The number of nitrogens with zero attached hydrogens (tertiary/aromatic N) is 1. The standard InChI is InChI=1S/C14H24N2O4/c1-5-19-12(17)10-6-9-7-16(8-11(9)15-10)13(18)20-14(2,3)4/h9-11,15H,5-8H2,1-4H3. The van der Waals surface area contributed by atoms with Gasteiger partial charge in [-0.25, -0.2) is 4.79 Å². The van der Waals surface area contributed by atoms with Gasteiger partial charge in [-0.15, -0.1) is 0 Å². The fraction of sp³-hybridized carbons (Fsp3) is 0.857. The van der Waals surface area contributed by atoms with E-state index in [2.05, 4.69) is 5.32 Å². The van der Waals surface area contributed by atoms with E-state index < -0.39 is 5.60 Å². The van der Waals surface area contributed by atoms with Crippen molar-refractivity contribution in [3.63, 3.8) is 0 Å². The summed E-state index contributed by atoms with van der Waals surface area (Å²) in [7, 11) is 0. The lowest BCUT2D eigenvalue weighted by atomic mass is 10.0. The number of esters is 1. The fourth-order valence-corrected chi connectivity index (χ4v) is 2.81. The molecule has 20 heavy (non-hydrogen) atoms. The Morgan fingerprint density at radius 3 is 2.55 bits per heavy atom. The smallest absolute Gasteiger partial charge is 0.410 e. The second-order valence-corrected chi connectivity index (χ2v) is 6.46. The summed E-state index contributed by atoms with van der Waals surface area (Å²) in [6.45, 7) is 9.01. The number of carbonyl (C=O) groups excluding carboxylic acids is 2. The van der Waals surface area contributed by atoms with Crippen LogP contribution in [-0.4, -0.2) is 54.3 Å². The van der Waals surface area contributed by atoms with E-state index in [9.17, 15) is 9.59 Å². The number of fused-ring (bicyclic) bond motifs is 1. The van der Waals surface area contributed by atoms with Gasteiger partial charge < -0.3 is 14.4 Å². The zero-order valence-corrected chi connectivity index (χ0v) is 12.6. The largest absolute Gasteiger partial charge is 0.465 e. The number of nitrogens with one attached hydrogen (secondary N) is 1. The van der Waals surface area contributed by atoms with Gasteiger partial charge in [0.2, 0.25) is 0 Å². The third-order valence-corrected chi connectivity index (χ3v) is 3.62. The van der Waals surface area contributed by atoms with Crippen molar-refractivity contribution in [3.05, 3.63) is 0 Å². The van der Waals surface area contributed by atoms with E-state index in [-0.39, 0.29) is 24.1 Å². The SMILES string of the molecule is CCOC(=O)C1CC2CN(C(=O)OC(C)(C)C)CC2N1. The highest BCUT2D eigenvalue weighted by Crippen LogP contribution is 2.29. The average molecular weight is 284 g/mol. The Labute approximate surface area is 119 Å². The third-order valence-electron chi connectivity index (χ3n) is 3.62. The monoisotopic (exact) mass is 284 g/mol. The molecule has 2 saturated heterocycles. The van der Waals surface area contributed by atoms with E-state index >= 15 is 0 Å². The van der Waals surface area contributed by atoms with Crippen molar-refractivity contribution in [1.29, 1.82) is 0 Å². The van der Waals surface area contributed by atoms with E-state index in [4.69, 9.17) is 9.47 Å². The van der Waals surface area contributed by atoms with Gasteiger partial charge >= 0.3 is 12.1 Å². The van der Waals surface area contributed by atoms with Gasteiger partial charge in [-0.1, -0.05) is 0 Å². The van der Waals surface area contributed by atoms with E-state index in [1.807, 2.05) is 20.8 Å². The zero-order chi connectivity index (χ0) is 14.9. The Morgan fingerprint density at radius 1 is 1.30 bits per heavy atom. The Morgan fingerprint density at radius 2 is 2.00 bits per heavy atom. The summed E-state index contributed by atoms with van der Waals surface area (Å²) in [6.07, 6.45) is 0.449. The summed E-state index contributed by atoms with van der Waals surface area (Å²) < 4.78 is 10.4. The van der Waals surface area contributed by atoms with Crippen LogP contribution in [0, 0.1) is 5.92 Å². The molecule has 0 radical (unpaired) electrons. The van der Waals surface area contributed by atoms with Gasteiger partial charge in [0.15, 0.2) is 0 Å². The minimum Gasteiger partial charge on any atom is -0.465 e. The van der Waals surface area contributed by atoms with Gasteiger partial charge in [0, 0.05) is 19.1 Å². The Hall–Kier alpha value is -1.30. The van der Waals surface area contributed by atoms with E-state index in [0.717, 1.165) is 6.42 Å². The molecule has 2 aliphatic rings. The van der Waals surface area contributed by atoms with Gasteiger partial charge in [0.05, 0.1) is 6.61 Å². The summed E-state index contributed by atoms with van der Waals surface area (Å²) in [5.41, 5.74) is -0.477. The predicted octanol–water partition coefficient (Wildman–Crippen LogP) is 1.15. The normalized spacial score (nSPS) is 29.2. The van der Waals surface area contributed by atoms with Crippen molar-refractivity contribution in [3.8, 4) is 0 Å². The highest BCUT2D eigenvalue weighted by atomic mass is 16.6. The van der Waals surface area contributed by atoms with E-state index in [0.29, 0.717) is 25.6 Å². The Bertz CT molecular complexity index is 377. The number of likely N-dealkylation sites (tertiary alicyclic amines) is 1. The van der Waals surface area contributed by atoms with Crippen LogP contribution in [0.2, 0.25) is 0 Å². The quantitative estimate of drug-likeness (QED) is 0.770. The maximum atomic E-state index is 12.0. The lowest BCUT2D eigenvalue weighted by molar-refractivity contribution is -0.145. The van der Waals surface area contributed by atoms with Crippen LogP contribution in [0.1, 0.15) is 34.1 Å². The van der Waals surface area contributed by atoms with Crippen LogP contribution in [0.15, 0.2) is 0 Å². The van der Waals surface area contributed by atoms with Crippen LogP contribution in [0.5, 0.6) is 0 Å². The first kappa shape index (κ1) is 15.1. The molecule has 6 nitrogen and oxygen atoms in total. The molecule has 0 saturated carbocycles. The van der Waals surface area contributed by atoms with E-state index in [1.54, 1.807) is 11.8 Å². The van der Waals surface area contributed by atoms with Crippen LogP contribution in [0.25, 0.3) is 0 Å². The summed E-state index contributed by atoms with van der Waals surface area (Å²) >= 11 is 0. The highest BCUT2D eigenvalue weighted by molar-refractivity contribution is 5.76. The van der Waals surface area contributed by atoms with Gasteiger partial charge in [0.1, 0.15) is 11.6 Å². The number of hydrogen-bond acceptors (Lipinski definition) is 5. The molecule has 2 aliphatic heterocycles. The lowest BCUT2D eigenvalue weighted by Gasteiger charge is -2.25. The van der Waals surface area contributed by atoms with Gasteiger partial charge in [-0.3, -0.25) is 10.1 Å². The van der Waals surface area contributed by atoms with Gasteiger partial charge in [-0.2, -0.15) is 0 Å². The maximum absolute atomic E-state index is 12.0. The Balaban J connectivity index is 1.85. The lowest BCUT2D eigenvalue weighted by Crippen LogP contribution is -2.42. The molecule has 0 aliphatic carbocycles. The van der Waals surface area contributed by atoms with Crippen LogP contribution in [0.4, 0.5) is 4.79 Å². The zero-order valence-electron chi connectivity index (χ0n) is 12.6. The van der Waals surface area contributed by atoms with Crippen LogP contribution in [-0.2, 0) is 14.3 Å². The molecule has 3 atom stereocenters. The molecular formula is C14H24N2O4. The summed E-state index contributed by atoms with van der Waals surface area (Å²) in [5.74, 6) is 0.114. The van der Waals surface area contributed by atoms with Gasteiger partial charge in [0.25, 0.3) is 0 Å². The maximum Gasteiger partial charge on any atom is 0.410 e. The molecule has 2 rings (SSSR count). The fourth-order valence-electron chi connectivity index (χ4n) is 2.81.